The number of methoxy groups -OCH3 is 1. The first-order valence-electron chi connectivity index (χ1n) is 7.82. The van der Waals surface area contributed by atoms with Crippen molar-refractivity contribution < 1.29 is 14.3 Å². The van der Waals surface area contributed by atoms with E-state index in [1.54, 1.807) is 12.0 Å². The number of hydrogen-bond acceptors (Lipinski definition) is 4. The summed E-state index contributed by atoms with van der Waals surface area (Å²) in [6.07, 6.45) is 0.651. The fourth-order valence-corrected chi connectivity index (χ4v) is 3.47. The number of amides is 1. The van der Waals surface area contributed by atoms with Crippen LogP contribution in [0.2, 0.25) is 0 Å². The van der Waals surface area contributed by atoms with Gasteiger partial charge in [-0.25, -0.2) is 4.79 Å². The van der Waals surface area contributed by atoms with Crippen molar-refractivity contribution >= 4 is 6.09 Å². The van der Waals surface area contributed by atoms with Crippen molar-refractivity contribution in [1.29, 1.82) is 0 Å². The first-order chi connectivity index (χ1) is 10.6. The average molecular weight is 304 g/mol. The Balaban J connectivity index is 1.54. The van der Waals surface area contributed by atoms with E-state index in [0.29, 0.717) is 25.6 Å². The lowest BCUT2D eigenvalue weighted by Crippen LogP contribution is -2.58. The number of benzene rings is 1. The van der Waals surface area contributed by atoms with E-state index in [4.69, 9.17) is 9.47 Å². The lowest BCUT2D eigenvalue weighted by Gasteiger charge is -2.46. The van der Waals surface area contributed by atoms with Gasteiger partial charge in [-0.1, -0.05) is 30.3 Å². The summed E-state index contributed by atoms with van der Waals surface area (Å²) < 4.78 is 11.2. The molecular formula is C17H24N2O3. The Bertz CT molecular complexity index is 516. The molecule has 0 spiro atoms. The van der Waals surface area contributed by atoms with Crippen molar-refractivity contribution in [2.24, 2.45) is 5.92 Å². The van der Waals surface area contributed by atoms with Crippen LogP contribution in [0.1, 0.15) is 12.0 Å². The largest absolute Gasteiger partial charge is 0.445 e. The van der Waals surface area contributed by atoms with E-state index in [9.17, 15) is 4.79 Å². The summed E-state index contributed by atoms with van der Waals surface area (Å²) >= 11 is 0. The zero-order valence-corrected chi connectivity index (χ0v) is 13.3. The molecule has 2 saturated heterocycles. The fourth-order valence-electron chi connectivity index (χ4n) is 3.47. The predicted octanol–water partition coefficient (Wildman–Crippen LogP) is 1.98. The Morgan fingerprint density at radius 1 is 1.32 bits per heavy atom. The van der Waals surface area contributed by atoms with Gasteiger partial charge in [0.15, 0.2) is 0 Å². The molecule has 5 nitrogen and oxygen atoms in total. The van der Waals surface area contributed by atoms with Gasteiger partial charge in [-0.05, 0) is 19.0 Å². The van der Waals surface area contributed by atoms with Gasteiger partial charge in [0.25, 0.3) is 0 Å². The standard InChI is InChI=1S/C17H24N2O3/c1-18-10-15(11-18)17(21-2)8-9-19(13-17)16(20)22-12-14-6-4-3-5-7-14/h3-7,15H,8-13H2,1-2H3. The minimum absolute atomic E-state index is 0.196. The van der Waals surface area contributed by atoms with Gasteiger partial charge < -0.3 is 19.3 Å². The van der Waals surface area contributed by atoms with E-state index < -0.39 is 0 Å². The number of hydrogen-bond donors (Lipinski definition) is 0. The van der Waals surface area contributed by atoms with Crippen molar-refractivity contribution in [3.8, 4) is 0 Å². The van der Waals surface area contributed by atoms with Gasteiger partial charge in [0.05, 0.1) is 12.1 Å². The molecule has 0 N–H and O–H groups in total. The molecule has 1 aromatic carbocycles. The van der Waals surface area contributed by atoms with Gasteiger partial charge in [0.1, 0.15) is 6.61 Å². The van der Waals surface area contributed by atoms with Crippen LogP contribution < -0.4 is 0 Å². The van der Waals surface area contributed by atoms with E-state index in [2.05, 4.69) is 11.9 Å². The molecule has 1 aromatic rings. The monoisotopic (exact) mass is 304 g/mol. The van der Waals surface area contributed by atoms with Crippen molar-refractivity contribution in [2.45, 2.75) is 18.6 Å². The third-order valence-corrected chi connectivity index (χ3v) is 4.94. The zero-order chi connectivity index (χ0) is 15.6. The second kappa shape index (κ2) is 6.26. The van der Waals surface area contributed by atoms with Gasteiger partial charge >= 0.3 is 6.09 Å². The summed E-state index contributed by atoms with van der Waals surface area (Å²) in [4.78, 5) is 16.3. The maximum Gasteiger partial charge on any atom is 0.410 e. The molecule has 2 aliphatic heterocycles. The number of rotatable bonds is 4. The molecule has 0 aliphatic carbocycles. The summed E-state index contributed by atoms with van der Waals surface area (Å²) in [6, 6.07) is 9.76. The van der Waals surface area contributed by atoms with Crippen LogP contribution in [0.15, 0.2) is 30.3 Å². The zero-order valence-electron chi connectivity index (χ0n) is 13.3. The van der Waals surface area contributed by atoms with Crippen molar-refractivity contribution in [3.05, 3.63) is 35.9 Å². The van der Waals surface area contributed by atoms with Crippen LogP contribution in [0.4, 0.5) is 4.79 Å². The van der Waals surface area contributed by atoms with Crippen LogP contribution in [-0.4, -0.2) is 61.8 Å². The molecule has 3 rings (SSSR count). The molecule has 5 heteroatoms. The summed E-state index contributed by atoms with van der Waals surface area (Å²) in [6.45, 7) is 3.75. The predicted molar refractivity (Wildman–Crippen MR) is 83.5 cm³/mol. The van der Waals surface area contributed by atoms with Crippen LogP contribution in [0.3, 0.4) is 0 Å². The molecule has 120 valence electrons. The molecule has 0 radical (unpaired) electrons. The third kappa shape index (κ3) is 2.96. The lowest BCUT2D eigenvalue weighted by molar-refractivity contribution is -0.0967. The highest BCUT2D eigenvalue weighted by Gasteiger charge is 2.50. The first-order valence-corrected chi connectivity index (χ1v) is 7.82. The Labute approximate surface area is 131 Å². The molecule has 2 fully saturated rings. The maximum absolute atomic E-state index is 12.3. The van der Waals surface area contributed by atoms with Gasteiger partial charge in [0, 0.05) is 32.7 Å². The van der Waals surface area contributed by atoms with Crippen molar-refractivity contribution in [3.63, 3.8) is 0 Å². The maximum atomic E-state index is 12.3. The Morgan fingerprint density at radius 2 is 2.05 bits per heavy atom. The van der Waals surface area contributed by atoms with Crippen LogP contribution >= 0.6 is 0 Å². The number of ether oxygens (including phenoxy) is 2. The summed E-state index contributed by atoms with van der Waals surface area (Å²) in [5.74, 6) is 0.509. The second-order valence-corrected chi connectivity index (χ2v) is 6.40. The number of carbonyl (C=O) groups is 1. The summed E-state index contributed by atoms with van der Waals surface area (Å²) in [7, 11) is 3.87. The molecule has 1 atom stereocenters. The third-order valence-electron chi connectivity index (χ3n) is 4.94. The molecule has 2 aliphatic rings. The topological polar surface area (TPSA) is 42.0 Å². The molecule has 0 bridgehead atoms. The quantitative estimate of drug-likeness (QED) is 0.853. The smallest absolute Gasteiger partial charge is 0.410 e. The Hall–Kier alpha value is -1.59. The highest BCUT2D eigenvalue weighted by molar-refractivity contribution is 5.68. The SMILES string of the molecule is COC1(C2CN(C)C2)CCN(C(=O)OCc2ccccc2)C1. The molecule has 2 heterocycles. The van der Waals surface area contributed by atoms with Gasteiger partial charge in [-0.2, -0.15) is 0 Å². The van der Waals surface area contributed by atoms with Crippen molar-refractivity contribution in [2.75, 3.05) is 40.3 Å². The Morgan fingerprint density at radius 3 is 2.68 bits per heavy atom. The van der Waals surface area contributed by atoms with E-state index in [1.165, 1.54) is 0 Å². The molecule has 22 heavy (non-hydrogen) atoms. The van der Waals surface area contributed by atoms with Gasteiger partial charge in [0.2, 0.25) is 0 Å². The van der Waals surface area contributed by atoms with Crippen LogP contribution in [0, 0.1) is 5.92 Å². The highest BCUT2D eigenvalue weighted by Crippen LogP contribution is 2.37. The average Bonchev–Trinajstić information content (AvgIpc) is 2.96. The minimum Gasteiger partial charge on any atom is -0.445 e. The number of likely N-dealkylation sites (tertiary alicyclic amines) is 2. The van der Waals surface area contributed by atoms with E-state index in [0.717, 1.165) is 25.1 Å². The molecule has 0 aromatic heterocycles. The van der Waals surface area contributed by atoms with Crippen LogP contribution in [0.5, 0.6) is 0 Å². The summed E-state index contributed by atoms with van der Waals surface area (Å²) in [5, 5.41) is 0. The van der Waals surface area contributed by atoms with Gasteiger partial charge in [-0.15, -0.1) is 0 Å². The molecule has 0 saturated carbocycles. The Kier molecular flexibility index (Phi) is 4.36. The van der Waals surface area contributed by atoms with Crippen LogP contribution in [-0.2, 0) is 16.1 Å². The normalized spacial score (nSPS) is 26.0. The fraction of sp³-hybridized carbons (Fsp3) is 0.588. The number of nitrogens with zero attached hydrogens (tertiary/aromatic N) is 2. The lowest BCUT2D eigenvalue weighted by atomic mass is 9.81. The second-order valence-electron chi connectivity index (χ2n) is 6.40. The number of carbonyl (C=O) groups excluding carboxylic acids is 1. The van der Waals surface area contributed by atoms with Crippen molar-refractivity contribution in [1.82, 2.24) is 9.80 Å². The van der Waals surface area contributed by atoms with E-state index in [-0.39, 0.29) is 11.7 Å². The van der Waals surface area contributed by atoms with E-state index >= 15 is 0 Å². The highest BCUT2D eigenvalue weighted by atomic mass is 16.6. The minimum atomic E-state index is -0.240. The molecular weight excluding hydrogens is 280 g/mol. The van der Waals surface area contributed by atoms with Gasteiger partial charge in [-0.3, -0.25) is 0 Å². The molecule has 1 unspecified atom stereocenters. The first kappa shape index (κ1) is 15.3. The van der Waals surface area contributed by atoms with E-state index in [1.807, 2.05) is 30.3 Å². The summed E-state index contributed by atoms with van der Waals surface area (Å²) in [5.41, 5.74) is 0.812. The molecule has 1 amide bonds. The van der Waals surface area contributed by atoms with Crippen LogP contribution in [0.25, 0.3) is 0 Å².